The van der Waals surface area contributed by atoms with Crippen molar-refractivity contribution in [1.29, 1.82) is 0 Å². The Morgan fingerprint density at radius 2 is 2.20 bits per heavy atom. The van der Waals surface area contributed by atoms with Crippen molar-refractivity contribution in [1.82, 2.24) is 5.32 Å². The van der Waals surface area contributed by atoms with Gasteiger partial charge in [0.25, 0.3) is 0 Å². The van der Waals surface area contributed by atoms with Crippen molar-refractivity contribution in [3.05, 3.63) is 35.4 Å². The van der Waals surface area contributed by atoms with Crippen LogP contribution in [0.1, 0.15) is 37.4 Å². The molecule has 1 N–H and O–H groups in total. The van der Waals surface area contributed by atoms with E-state index in [-0.39, 0.29) is 6.04 Å². The van der Waals surface area contributed by atoms with E-state index in [0.717, 1.165) is 6.42 Å². The summed E-state index contributed by atoms with van der Waals surface area (Å²) in [7, 11) is 0. The maximum absolute atomic E-state index is 5.43. The standard InChI is InChI=1S/C14H19N/c1-5-14(6-2)15-12(4)13-9-7-8-11(3)10-13/h1,7-10,12,14-15H,6H2,2-4H3. The molecule has 80 valence electrons. The Morgan fingerprint density at radius 3 is 2.73 bits per heavy atom. The summed E-state index contributed by atoms with van der Waals surface area (Å²) in [5.74, 6) is 2.76. The van der Waals surface area contributed by atoms with Crippen LogP contribution >= 0.6 is 0 Å². The second-order valence-corrected chi connectivity index (χ2v) is 3.93. The first kappa shape index (κ1) is 11.8. The van der Waals surface area contributed by atoms with Crippen LogP contribution in [0.5, 0.6) is 0 Å². The zero-order valence-electron chi connectivity index (χ0n) is 9.75. The molecule has 0 bridgehead atoms. The predicted octanol–water partition coefficient (Wildman–Crippen LogP) is 3.06. The average molecular weight is 201 g/mol. The van der Waals surface area contributed by atoms with Gasteiger partial charge in [-0.15, -0.1) is 6.42 Å². The third-order valence-electron chi connectivity index (χ3n) is 2.60. The van der Waals surface area contributed by atoms with Crippen LogP contribution in [0.2, 0.25) is 0 Å². The number of rotatable bonds is 4. The van der Waals surface area contributed by atoms with Crippen LogP contribution < -0.4 is 5.32 Å². The van der Waals surface area contributed by atoms with Crippen LogP contribution in [-0.4, -0.2) is 6.04 Å². The van der Waals surface area contributed by atoms with Crippen molar-refractivity contribution in [2.24, 2.45) is 0 Å². The highest BCUT2D eigenvalue weighted by molar-refractivity contribution is 5.25. The Bertz CT molecular complexity index is 349. The monoisotopic (exact) mass is 201 g/mol. The van der Waals surface area contributed by atoms with Gasteiger partial charge in [-0.25, -0.2) is 0 Å². The molecule has 1 rings (SSSR count). The molecule has 0 radical (unpaired) electrons. The highest BCUT2D eigenvalue weighted by Gasteiger charge is 2.09. The summed E-state index contributed by atoms with van der Waals surface area (Å²) in [5, 5.41) is 3.42. The highest BCUT2D eigenvalue weighted by Crippen LogP contribution is 2.14. The van der Waals surface area contributed by atoms with Crippen molar-refractivity contribution in [3.63, 3.8) is 0 Å². The van der Waals surface area contributed by atoms with Gasteiger partial charge < -0.3 is 0 Å². The first-order valence-corrected chi connectivity index (χ1v) is 5.46. The summed E-state index contributed by atoms with van der Waals surface area (Å²) < 4.78 is 0. The number of aryl methyl sites for hydroxylation is 1. The van der Waals surface area contributed by atoms with E-state index in [9.17, 15) is 0 Å². The lowest BCUT2D eigenvalue weighted by Gasteiger charge is -2.18. The fraction of sp³-hybridized carbons (Fsp3) is 0.429. The van der Waals surface area contributed by atoms with E-state index in [1.807, 2.05) is 0 Å². The number of nitrogens with one attached hydrogen (secondary N) is 1. The minimum absolute atomic E-state index is 0.167. The van der Waals surface area contributed by atoms with Crippen molar-refractivity contribution in [2.45, 2.75) is 39.3 Å². The lowest BCUT2D eigenvalue weighted by Crippen LogP contribution is -2.29. The molecule has 15 heavy (non-hydrogen) atoms. The van der Waals surface area contributed by atoms with Crippen LogP contribution in [0, 0.1) is 19.3 Å². The molecule has 0 fully saturated rings. The number of hydrogen-bond acceptors (Lipinski definition) is 1. The molecule has 2 atom stereocenters. The Hall–Kier alpha value is -1.26. The molecule has 1 heteroatoms. The normalized spacial score (nSPS) is 14.3. The van der Waals surface area contributed by atoms with Crippen LogP contribution in [0.25, 0.3) is 0 Å². The molecule has 0 amide bonds. The third kappa shape index (κ3) is 3.42. The maximum atomic E-state index is 5.43. The minimum atomic E-state index is 0.167. The fourth-order valence-electron chi connectivity index (χ4n) is 1.62. The van der Waals surface area contributed by atoms with E-state index in [1.54, 1.807) is 0 Å². The summed E-state index contributed by atoms with van der Waals surface area (Å²) in [6, 6.07) is 9.00. The van der Waals surface area contributed by atoms with Gasteiger partial charge in [0.15, 0.2) is 0 Å². The highest BCUT2D eigenvalue weighted by atomic mass is 14.9. The van der Waals surface area contributed by atoms with Crippen LogP contribution in [0.15, 0.2) is 24.3 Å². The van der Waals surface area contributed by atoms with Crippen LogP contribution in [-0.2, 0) is 0 Å². The summed E-state index contributed by atoms with van der Waals surface area (Å²) in [5.41, 5.74) is 2.58. The molecular weight excluding hydrogens is 182 g/mol. The summed E-state index contributed by atoms with van der Waals surface area (Å²) >= 11 is 0. The second kappa shape index (κ2) is 5.58. The van der Waals surface area contributed by atoms with E-state index in [4.69, 9.17) is 6.42 Å². The van der Waals surface area contributed by atoms with E-state index in [1.165, 1.54) is 11.1 Å². The molecule has 0 saturated carbocycles. The van der Waals surface area contributed by atoms with Gasteiger partial charge in [0.05, 0.1) is 6.04 Å². The molecule has 0 spiro atoms. The zero-order valence-corrected chi connectivity index (χ0v) is 9.75. The predicted molar refractivity (Wildman–Crippen MR) is 65.6 cm³/mol. The summed E-state index contributed by atoms with van der Waals surface area (Å²) in [4.78, 5) is 0. The molecule has 0 saturated heterocycles. The van der Waals surface area contributed by atoms with Crippen LogP contribution in [0.4, 0.5) is 0 Å². The largest absolute Gasteiger partial charge is 0.297 e. The van der Waals surface area contributed by atoms with Gasteiger partial charge in [-0.1, -0.05) is 42.7 Å². The Kier molecular flexibility index (Phi) is 4.39. The fourth-order valence-corrected chi connectivity index (χ4v) is 1.62. The van der Waals surface area contributed by atoms with Crippen molar-refractivity contribution in [3.8, 4) is 12.3 Å². The van der Waals surface area contributed by atoms with Crippen molar-refractivity contribution < 1.29 is 0 Å². The molecule has 1 aromatic carbocycles. The number of benzene rings is 1. The van der Waals surface area contributed by atoms with Gasteiger partial charge >= 0.3 is 0 Å². The van der Waals surface area contributed by atoms with Gasteiger partial charge in [-0.3, -0.25) is 5.32 Å². The Labute approximate surface area is 92.9 Å². The number of terminal acetylenes is 1. The molecule has 0 heterocycles. The second-order valence-electron chi connectivity index (χ2n) is 3.93. The topological polar surface area (TPSA) is 12.0 Å². The van der Waals surface area contributed by atoms with Crippen molar-refractivity contribution >= 4 is 0 Å². The van der Waals surface area contributed by atoms with E-state index in [0.29, 0.717) is 6.04 Å². The number of hydrogen-bond donors (Lipinski definition) is 1. The van der Waals surface area contributed by atoms with Gasteiger partial charge in [-0.2, -0.15) is 0 Å². The zero-order chi connectivity index (χ0) is 11.3. The molecular formula is C14H19N. The lowest BCUT2D eigenvalue weighted by atomic mass is 10.0. The summed E-state index contributed by atoms with van der Waals surface area (Å²) in [6.45, 7) is 6.35. The Balaban J connectivity index is 2.69. The van der Waals surface area contributed by atoms with Gasteiger partial charge in [0.2, 0.25) is 0 Å². The first-order valence-electron chi connectivity index (χ1n) is 5.46. The van der Waals surface area contributed by atoms with Gasteiger partial charge in [-0.05, 0) is 25.8 Å². The first-order chi connectivity index (χ1) is 7.17. The van der Waals surface area contributed by atoms with Crippen molar-refractivity contribution in [2.75, 3.05) is 0 Å². The maximum Gasteiger partial charge on any atom is 0.0688 e. The SMILES string of the molecule is C#CC(CC)NC(C)c1cccc(C)c1. The lowest BCUT2D eigenvalue weighted by molar-refractivity contribution is 0.512. The van der Waals surface area contributed by atoms with Crippen LogP contribution in [0.3, 0.4) is 0 Å². The van der Waals surface area contributed by atoms with Gasteiger partial charge in [0, 0.05) is 6.04 Å². The molecule has 1 nitrogen and oxygen atoms in total. The third-order valence-corrected chi connectivity index (χ3v) is 2.60. The molecule has 0 aliphatic carbocycles. The van der Waals surface area contributed by atoms with Gasteiger partial charge in [0.1, 0.15) is 0 Å². The van der Waals surface area contributed by atoms with E-state index < -0.39 is 0 Å². The smallest absolute Gasteiger partial charge is 0.0688 e. The Morgan fingerprint density at radius 1 is 1.47 bits per heavy atom. The molecule has 0 aliphatic rings. The molecule has 1 aromatic rings. The molecule has 2 unspecified atom stereocenters. The molecule has 0 aromatic heterocycles. The van der Waals surface area contributed by atoms with E-state index >= 15 is 0 Å². The quantitative estimate of drug-likeness (QED) is 0.738. The minimum Gasteiger partial charge on any atom is -0.297 e. The van der Waals surface area contributed by atoms with E-state index in [2.05, 4.69) is 56.3 Å². The summed E-state index contributed by atoms with van der Waals surface area (Å²) in [6.07, 6.45) is 6.39. The molecule has 0 aliphatic heterocycles. The average Bonchev–Trinajstić information content (AvgIpc) is 2.25.